The van der Waals surface area contributed by atoms with Gasteiger partial charge < -0.3 is 15.0 Å². The molecule has 2 N–H and O–H groups in total. The molecule has 1 aromatic carbocycles. The number of hydrogen-bond acceptors (Lipinski definition) is 5. The number of nitrogens with one attached hydrogen (secondary N) is 2. The first-order valence-electron chi connectivity index (χ1n) is 10.4. The number of carbonyl (C=O) groups is 2. The molecule has 9 heteroatoms. The first kappa shape index (κ1) is 21.8. The molecule has 0 aliphatic carbocycles. The first-order valence-corrected chi connectivity index (χ1v) is 10.8. The lowest BCUT2D eigenvalue weighted by Crippen LogP contribution is -2.43. The summed E-state index contributed by atoms with van der Waals surface area (Å²) in [5, 5.41) is 10.6. The number of ether oxygens (including phenoxy) is 1. The molecule has 0 radical (unpaired) electrons. The minimum Gasteiger partial charge on any atom is -0.496 e. The fraction of sp³-hybridized carbons (Fsp3) is 0.304. The molecule has 32 heavy (non-hydrogen) atoms. The number of rotatable bonds is 6. The molecule has 0 saturated carbocycles. The maximum atomic E-state index is 12.8. The molecule has 1 saturated heterocycles. The van der Waals surface area contributed by atoms with Crippen LogP contribution in [0.1, 0.15) is 28.9 Å². The van der Waals surface area contributed by atoms with Crippen molar-refractivity contribution >= 4 is 23.4 Å². The highest BCUT2D eigenvalue weighted by Crippen LogP contribution is 2.24. The summed E-state index contributed by atoms with van der Waals surface area (Å²) in [7, 11) is 1.57. The normalized spacial score (nSPS) is 14.2. The van der Waals surface area contributed by atoms with Crippen LogP contribution in [0.25, 0.3) is 11.3 Å². The molecule has 2 amide bonds. The Bertz CT molecular complexity index is 1090. The van der Waals surface area contributed by atoms with E-state index in [1.807, 2.05) is 18.2 Å². The van der Waals surface area contributed by atoms with Crippen LogP contribution in [0, 0.1) is 5.92 Å². The van der Waals surface area contributed by atoms with E-state index < -0.39 is 0 Å². The minimum atomic E-state index is -0.133. The van der Waals surface area contributed by atoms with E-state index in [-0.39, 0.29) is 17.7 Å². The second-order valence-electron chi connectivity index (χ2n) is 7.64. The summed E-state index contributed by atoms with van der Waals surface area (Å²) in [5.41, 5.74) is 2.89. The smallest absolute Gasteiger partial charge is 0.271 e. The van der Waals surface area contributed by atoms with E-state index in [0.717, 1.165) is 11.1 Å². The number of nitrogens with zero attached hydrogens (tertiary/aromatic N) is 3. The fourth-order valence-corrected chi connectivity index (χ4v) is 3.97. The number of carbonyl (C=O) groups excluding carboxylic acids is 2. The molecule has 166 valence electrons. The second kappa shape index (κ2) is 9.82. The lowest BCUT2D eigenvalue weighted by Gasteiger charge is -2.31. The molecule has 0 spiro atoms. The van der Waals surface area contributed by atoms with E-state index in [4.69, 9.17) is 16.3 Å². The van der Waals surface area contributed by atoms with Gasteiger partial charge in [-0.1, -0.05) is 17.7 Å². The van der Waals surface area contributed by atoms with Crippen molar-refractivity contribution < 1.29 is 14.3 Å². The number of methoxy groups -OCH3 is 1. The van der Waals surface area contributed by atoms with Gasteiger partial charge in [-0.2, -0.15) is 5.10 Å². The standard InChI is InChI=1S/C23H24ClN5O3/c1-32-21-12-18(24)3-2-17(21)14-26-22(30)16-6-10-29(11-7-16)23(31)20-13-19(27-28-20)15-4-8-25-9-5-15/h2-5,8-9,12-13,16H,6-7,10-11,14H2,1H3,(H,26,30)(H,27,28). The number of likely N-dealkylation sites (tertiary alicyclic amines) is 1. The third kappa shape index (κ3) is 4.91. The number of pyridine rings is 1. The number of hydrogen-bond donors (Lipinski definition) is 2. The van der Waals surface area contributed by atoms with Gasteiger partial charge in [0, 0.05) is 54.1 Å². The van der Waals surface area contributed by atoms with E-state index in [0.29, 0.717) is 54.6 Å². The van der Waals surface area contributed by atoms with E-state index in [2.05, 4.69) is 20.5 Å². The van der Waals surface area contributed by atoms with Crippen molar-refractivity contribution in [2.75, 3.05) is 20.2 Å². The molecule has 1 fully saturated rings. The van der Waals surface area contributed by atoms with Gasteiger partial charge >= 0.3 is 0 Å². The summed E-state index contributed by atoms with van der Waals surface area (Å²) in [6.45, 7) is 1.40. The van der Waals surface area contributed by atoms with Gasteiger partial charge in [-0.05, 0) is 43.2 Å². The van der Waals surface area contributed by atoms with Gasteiger partial charge in [-0.3, -0.25) is 19.7 Å². The first-order chi connectivity index (χ1) is 15.5. The van der Waals surface area contributed by atoms with Crippen LogP contribution in [0.3, 0.4) is 0 Å². The number of amides is 2. The Morgan fingerprint density at radius 3 is 2.66 bits per heavy atom. The van der Waals surface area contributed by atoms with Crippen LogP contribution in [-0.2, 0) is 11.3 Å². The molecule has 0 unspecified atom stereocenters. The maximum absolute atomic E-state index is 12.8. The van der Waals surface area contributed by atoms with Gasteiger partial charge in [0.15, 0.2) is 0 Å². The zero-order valence-electron chi connectivity index (χ0n) is 17.7. The molecular weight excluding hydrogens is 430 g/mol. The summed E-state index contributed by atoms with van der Waals surface area (Å²) in [6, 6.07) is 10.8. The summed E-state index contributed by atoms with van der Waals surface area (Å²) in [6.07, 6.45) is 4.59. The molecular formula is C23H24ClN5O3. The highest BCUT2D eigenvalue weighted by molar-refractivity contribution is 6.30. The van der Waals surface area contributed by atoms with Crippen molar-refractivity contribution in [3.05, 3.63) is 65.1 Å². The number of benzene rings is 1. The zero-order chi connectivity index (χ0) is 22.5. The third-order valence-corrected chi connectivity index (χ3v) is 5.87. The summed E-state index contributed by atoms with van der Waals surface area (Å²) < 4.78 is 5.33. The van der Waals surface area contributed by atoms with Crippen LogP contribution in [0.15, 0.2) is 48.8 Å². The average molecular weight is 454 g/mol. The van der Waals surface area contributed by atoms with Gasteiger partial charge in [0.1, 0.15) is 11.4 Å². The third-order valence-electron chi connectivity index (χ3n) is 5.64. The van der Waals surface area contributed by atoms with E-state index in [9.17, 15) is 9.59 Å². The molecule has 3 heterocycles. The Hall–Kier alpha value is -3.39. The van der Waals surface area contributed by atoms with Crippen molar-refractivity contribution in [3.63, 3.8) is 0 Å². The number of aromatic nitrogens is 3. The topological polar surface area (TPSA) is 100 Å². The lowest BCUT2D eigenvalue weighted by molar-refractivity contribution is -0.126. The number of halogens is 1. The SMILES string of the molecule is COc1cc(Cl)ccc1CNC(=O)C1CCN(C(=O)c2cc(-c3ccncc3)n[nH]2)CC1. The van der Waals surface area contributed by atoms with E-state index >= 15 is 0 Å². The quantitative estimate of drug-likeness (QED) is 0.596. The highest BCUT2D eigenvalue weighted by Gasteiger charge is 2.28. The van der Waals surface area contributed by atoms with Crippen LogP contribution in [-0.4, -0.2) is 52.1 Å². The van der Waals surface area contributed by atoms with Gasteiger partial charge in [0.2, 0.25) is 5.91 Å². The van der Waals surface area contributed by atoms with Gasteiger partial charge in [0.25, 0.3) is 5.91 Å². The largest absolute Gasteiger partial charge is 0.496 e. The molecule has 1 aliphatic rings. The van der Waals surface area contributed by atoms with Crippen molar-refractivity contribution in [2.24, 2.45) is 5.92 Å². The molecule has 1 aliphatic heterocycles. The number of H-pyrrole nitrogens is 1. The molecule has 4 rings (SSSR count). The van der Waals surface area contributed by atoms with Gasteiger partial charge in [-0.25, -0.2) is 0 Å². The Morgan fingerprint density at radius 2 is 1.94 bits per heavy atom. The summed E-state index contributed by atoms with van der Waals surface area (Å²) >= 11 is 5.99. The lowest BCUT2D eigenvalue weighted by atomic mass is 9.95. The minimum absolute atomic E-state index is 0.0179. The zero-order valence-corrected chi connectivity index (χ0v) is 18.4. The van der Waals surface area contributed by atoms with Crippen molar-refractivity contribution in [1.29, 1.82) is 0 Å². The molecule has 0 atom stereocenters. The highest BCUT2D eigenvalue weighted by atomic mass is 35.5. The van der Waals surface area contributed by atoms with Crippen LogP contribution in [0.2, 0.25) is 5.02 Å². The van der Waals surface area contributed by atoms with Gasteiger partial charge in [-0.15, -0.1) is 0 Å². The van der Waals surface area contributed by atoms with Crippen LogP contribution >= 0.6 is 11.6 Å². The van der Waals surface area contributed by atoms with E-state index in [1.54, 1.807) is 42.6 Å². The van der Waals surface area contributed by atoms with E-state index in [1.165, 1.54) is 0 Å². The molecule has 2 aromatic heterocycles. The van der Waals surface area contributed by atoms with Crippen molar-refractivity contribution in [2.45, 2.75) is 19.4 Å². The molecule has 8 nitrogen and oxygen atoms in total. The number of aromatic amines is 1. The van der Waals surface area contributed by atoms with Crippen LogP contribution < -0.4 is 10.1 Å². The predicted octanol–water partition coefficient (Wildman–Crippen LogP) is 3.30. The molecule has 3 aromatic rings. The maximum Gasteiger partial charge on any atom is 0.271 e. The number of piperidine rings is 1. The van der Waals surface area contributed by atoms with Crippen molar-refractivity contribution in [3.8, 4) is 17.0 Å². The Labute approximate surface area is 190 Å². The average Bonchev–Trinajstić information content (AvgIpc) is 3.33. The van der Waals surface area contributed by atoms with Crippen LogP contribution in [0.4, 0.5) is 0 Å². The summed E-state index contributed by atoms with van der Waals surface area (Å²) in [4.78, 5) is 31.2. The van der Waals surface area contributed by atoms with Crippen LogP contribution in [0.5, 0.6) is 5.75 Å². The fourth-order valence-electron chi connectivity index (χ4n) is 3.81. The Balaban J connectivity index is 1.30. The Morgan fingerprint density at radius 1 is 1.19 bits per heavy atom. The summed E-state index contributed by atoms with van der Waals surface area (Å²) in [5.74, 6) is 0.383. The second-order valence-corrected chi connectivity index (χ2v) is 8.08. The Kier molecular flexibility index (Phi) is 6.70. The van der Waals surface area contributed by atoms with Gasteiger partial charge in [0.05, 0.1) is 12.8 Å². The predicted molar refractivity (Wildman–Crippen MR) is 120 cm³/mol. The monoisotopic (exact) mass is 453 g/mol. The van der Waals surface area contributed by atoms with Crippen molar-refractivity contribution in [1.82, 2.24) is 25.4 Å². The molecule has 0 bridgehead atoms.